The topological polar surface area (TPSA) is 68.0 Å². The predicted octanol–water partition coefficient (Wildman–Crippen LogP) is 4.42. The van der Waals surface area contributed by atoms with E-state index in [4.69, 9.17) is 4.52 Å². The first-order valence-electron chi connectivity index (χ1n) is 8.03. The molecule has 0 bridgehead atoms. The van der Waals surface area contributed by atoms with E-state index in [0.29, 0.717) is 28.3 Å². The fourth-order valence-electron chi connectivity index (χ4n) is 2.84. The Morgan fingerprint density at radius 1 is 1.38 bits per heavy atom. The van der Waals surface area contributed by atoms with Gasteiger partial charge in [0.05, 0.1) is 22.7 Å². The first-order chi connectivity index (χ1) is 11.5. The number of aromatic nitrogens is 2. The highest BCUT2D eigenvalue weighted by atomic mass is 32.1. The number of hydrogen-bond donors (Lipinski definition) is 1. The first-order valence-corrected chi connectivity index (χ1v) is 8.91. The lowest BCUT2D eigenvalue weighted by molar-refractivity contribution is 0.0934. The van der Waals surface area contributed by atoms with Crippen molar-refractivity contribution < 1.29 is 9.32 Å². The van der Waals surface area contributed by atoms with Crippen LogP contribution in [0.4, 0.5) is 0 Å². The molecular weight excluding hydrogens is 322 g/mol. The van der Waals surface area contributed by atoms with Crippen molar-refractivity contribution in [3.8, 4) is 0 Å². The van der Waals surface area contributed by atoms with Gasteiger partial charge in [-0.05, 0) is 43.7 Å². The fourth-order valence-corrected chi connectivity index (χ4v) is 3.63. The second kappa shape index (κ2) is 6.73. The van der Waals surface area contributed by atoms with Gasteiger partial charge in [-0.3, -0.25) is 4.79 Å². The number of hydrogen-bond acceptors (Lipinski definition) is 5. The molecule has 6 heteroatoms. The molecule has 3 heterocycles. The van der Waals surface area contributed by atoms with Crippen LogP contribution in [0.15, 0.2) is 28.1 Å². The van der Waals surface area contributed by atoms with Crippen molar-refractivity contribution in [2.75, 3.05) is 0 Å². The molecule has 3 aromatic rings. The third kappa shape index (κ3) is 3.33. The highest BCUT2D eigenvalue weighted by molar-refractivity contribution is 7.10. The second-order valence-electron chi connectivity index (χ2n) is 6.43. The van der Waals surface area contributed by atoms with E-state index in [1.807, 2.05) is 25.3 Å². The number of nitrogens with one attached hydrogen (secondary N) is 1. The van der Waals surface area contributed by atoms with Crippen molar-refractivity contribution in [3.05, 3.63) is 45.4 Å². The van der Waals surface area contributed by atoms with E-state index in [1.165, 1.54) is 4.88 Å². The van der Waals surface area contributed by atoms with E-state index in [-0.39, 0.29) is 11.9 Å². The minimum atomic E-state index is -0.115. The third-order valence-corrected chi connectivity index (χ3v) is 4.87. The molecule has 0 aliphatic carbocycles. The highest BCUT2D eigenvalue weighted by Crippen LogP contribution is 2.27. The molecule has 0 fully saturated rings. The van der Waals surface area contributed by atoms with Crippen LogP contribution >= 0.6 is 11.3 Å². The Kier molecular flexibility index (Phi) is 4.66. The van der Waals surface area contributed by atoms with Gasteiger partial charge in [-0.15, -0.1) is 11.3 Å². The average Bonchev–Trinajstić information content (AvgIpc) is 3.15. The van der Waals surface area contributed by atoms with Gasteiger partial charge in [-0.2, -0.15) is 0 Å². The van der Waals surface area contributed by atoms with Gasteiger partial charge in [0.2, 0.25) is 0 Å². The first kappa shape index (κ1) is 16.6. The van der Waals surface area contributed by atoms with E-state index in [9.17, 15) is 4.79 Å². The Bertz CT molecular complexity index is 853. The van der Waals surface area contributed by atoms with Crippen LogP contribution in [-0.4, -0.2) is 16.0 Å². The molecule has 0 aliphatic rings. The summed E-state index contributed by atoms with van der Waals surface area (Å²) in [5, 5.41) is 9.84. The quantitative estimate of drug-likeness (QED) is 0.744. The Morgan fingerprint density at radius 3 is 2.83 bits per heavy atom. The van der Waals surface area contributed by atoms with Gasteiger partial charge in [0.15, 0.2) is 0 Å². The zero-order chi connectivity index (χ0) is 17.3. The minimum absolute atomic E-state index is 0.00110. The van der Waals surface area contributed by atoms with E-state index < -0.39 is 0 Å². The van der Waals surface area contributed by atoms with E-state index in [2.05, 4.69) is 35.4 Å². The molecule has 0 aromatic carbocycles. The van der Waals surface area contributed by atoms with Crippen molar-refractivity contribution in [2.45, 2.75) is 40.2 Å². The summed E-state index contributed by atoms with van der Waals surface area (Å²) in [6.45, 7) is 7.99. The number of pyridine rings is 1. The molecule has 0 spiro atoms. The molecule has 1 amide bonds. The lowest BCUT2D eigenvalue weighted by atomic mass is 10.0. The molecule has 3 rings (SSSR count). The summed E-state index contributed by atoms with van der Waals surface area (Å²) in [6, 6.07) is 5.87. The van der Waals surface area contributed by atoms with Gasteiger partial charge in [0, 0.05) is 10.6 Å². The Balaban J connectivity index is 1.95. The summed E-state index contributed by atoms with van der Waals surface area (Å²) in [5.74, 6) is 0.366. The van der Waals surface area contributed by atoms with E-state index >= 15 is 0 Å². The smallest absolute Gasteiger partial charge is 0.258 e. The van der Waals surface area contributed by atoms with Crippen molar-refractivity contribution >= 4 is 28.3 Å². The Morgan fingerprint density at radius 2 is 2.17 bits per heavy atom. The summed E-state index contributed by atoms with van der Waals surface area (Å²) in [6.07, 6.45) is 0.891. The molecule has 0 radical (unpaired) electrons. The predicted molar refractivity (Wildman–Crippen MR) is 95.3 cm³/mol. The summed E-state index contributed by atoms with van der Waals surface area (Å²) in [5.41, 5.74) is 2.40. The molecule has 0 saturated carbocycles. The van der Waals surface area contributed by atoms with Crippen molar-refractivity contribution in [1.82, 2.24) is 15.5 Å². The van der Waals surface area contributed by atoms with Crippen LogP contribution in [0, 0.1) is 19.8 Å². The molecule has 0 unspecified atom stereocenters. The monoisotopic (exact) mass is 343 g/mol. The van der Waals surface area contributed by atoms with Crippen molar-refractivity contribution in [2.24, 2.45) is 5.92 Å². The fraction of sp³-hybridized carbons (Fsp3) is 0.389. The van der Waals surface area contributed by atoms with Gasteiger partial charge >= 0.3 is 0 Å². The highest BCUT2D eigenvalue weighted by Gasteiger charge is 2.22. The summed E-state index contributed by atoms with van der Waals surface area (Å²) in [7, 11) is 0. The van der Waals surface area contributed by atoms with Crippen molar-refractivity contribution in [1.29, 1.82) is 0 Å². The second-order valence-corrected chi connectivity index (χ2v) is 7.41. The van der Waals surface area contributed by atoms with Crippen LogP contribution in [0.25, 0.3) is 11.1 Å². The Hall–Kier alpha value is -2.21. The lowest BCUT2D eigenvalue weighted by Gasteiger charge is -2.20. The van der Waals surface area contributed by atoms with Crippen molar-refractivity contribution in [3.63, 3.8) is 0 Å². The SMILES string of the molecule is Cc1cc(C(=O)N[C@H](CC(C)C)c2cccs2)c2c(C)noc2n1. The molecule has 126 valence electrons. The van der Waals surface area contributed by atoms with Crippen LogP contribution in [0.5, 0.6) is 0 Å². The molecule has 0 aliphatic heterocycles. The zero-order valence-electron chi connectivity index (χ0n) is 14.3. The third-order valence-electron chi connectivity index (χ3n) is 3.89. The number of thiophene rings is 1. The van der Waals surface area contributed by atoms with Gasteiger partial charge in [-0.25, -0.2) is 4.98 Å². The number of amides is 1. The molecule has 0 saturated heterocycles. The normalized spacial score (nSPS) is 12.7. The number of nitrogens with zero attached hydrogens (tertiary/aromatic N) is 2. The number of carbonyl (C=O) groups is 1. The van der Waals surface area contributed by atoms with Crippen LogP contribution in [0.2, 0.25) is 0 Å². The van der Waals surface area contributed by atoms with Gasteiger partial charge in [0.1, 0.15) is 0 Å². The number of aryl methyl sites for hydroxylation is 2. The zero-order valence-corrected chi connectivity index (χ0v) is 15.1. The number of rotatable bonds is 5. The number of fused-ring (bicyclic) bond motifs is 1. The minimum Gasteiger partial charge on any atom is -0.344 e. The molecule has 1 N–H and O–H groups in total. The lowest BCUT2D eigenvalue weighted by Crippen LogP contribution is -2.29. The van der Waals surface area contributed by atoms with Gasteiger partial charge in [-0.1, -0.05) is 25.1 Å². The summed E-state index contributed by atoms with van der Waals surface area (Å²) >= 11 is 1.66. The van der Waals surface area contributed by atoms with Crippen LogP contribution in [0.1, 0.15) is 52.9 Å². The average molecular weight is 343 g/mol. The van der Waals surface area contributed by atoms with E-state index in [1.54, 1.807) is 17.4 Å². The number of carbonyl (C=O) groups excluding carboxylic acids is 1. The maximum Gasteiger partial charge on any atom is 0.258 e. The van der Waals surface area contributed by atoms with Crippen LogP contribution < -0.4 is 5.32 Å². The maximum atomic E-state index is 12.9. The van der Waals surface area contributed by atoms with Gasteiger partial charge < -0.3 is 9.84 Å². The largest absolute Gasteiger partial charge is 0.344 e. The summed E-state index contributed by atoms with van der Waals surface area (Å²) < 4.78 is 5.22. The maximum absolute atomic E-state index is 12.9. The molecule has 1 atom stereocenters. The molecule has 24 heavy (non-hydrogen) atoms. The Labute approximate surface area is 145 Å². The summed E-state index contributed by atoms with van der Waals surface area (Å²) in [4.78, 5) is 18.4. The van der Waals surface area contributed by atoms with Crippen LogP contribution in [0.3, 0.4) is 0 Å². The standard InChI is InChI=1S/C18H21N3O2S/c1-10(2)8-14(15-6-5-7-24-15)20-17(22)13-9-11(3)19-18-16(13)12(4)21-23-18/h5-7,9-10,14H,8H2,1-4H3,(H,20,22)/t14-/m1/s1. The van der Waals surface area contributed by atoms with E-state index in [0.717, 1.165) is 12.1 Å². The molecule has 5 nitrogen and oxygen atoms in total. The molecular formula is C18H21N3O2S. The van der Waals surface area contributed by atoms with Crippen LogP contribution in [-0.2, 0) is 0 Å². The van der Waals surface area contributed by atoms with Gasteiger partial charge in [0.25, 0.3) is 11.6 Å². The molecule has 3 aromatic heterocycles.